The van der Waals surface area contributed by atoms with E-state index in [4.69, 9.17) is 16.3 Å². The zero-order chi connectivity index (χ0) is 21.6. The van der Waals surface area contributed by atoms with Crippen molar-refractivity contribution in [3.63, 3.8) is 0 Å². The summed E-state index contributed by atoms with van der Waals surface area (Å²) in [5, 5.41) is 3.37. The summed E-state index contributed by atoms with van der Waals surface area (Å²) in [6.45, 7) is 6.04. The molecule has 2 aromatic rings. The predicted octanol–water partition coefficient (Wildman–Crippen LogP) is 3.70. The Hall–Kier alpha value is -2.25. The molecule has 0 bridgehead atoms. The number of carbonyl (C=O) groups is 1. The summed E-state index contributed by atoms with van der Waals surface area (Å²) < 4.78 is 31.6. The monoisotopic (exact) mass is 438 g/mol. The number of aryl methyl sites for hydroxylation is 2. The van der Waals surface area contributed by atoms with E-state index in [1.807, 2.05) is 26.0 Å². The molecule has 8 heteroatoms. The van der Waals surface area contributed by atoms with Crippen LogP contribution in [0.4, 0.5) is 5.69 Å². The van der Waals surface area contributed by atoms with Crippen LogP contribution in [0.25, 0.3) is 0 Å². The number of anilines is 1. The maximum absolute atomic E-state index is 12.7. The lowest BCUT2D eigenvalue weighted by Gasteiger charge is -2.30. The van der Waals surface area contributed by atoms with Gasteiger partial charge in [-0.25, -0.2) is 8.42 Å². The van der Waals surface area contributed by atoms with Gasteiger partial charge < -0.3 is 10.1 Å². The summed E-state index contributed by atoms with van der Waals surface area (Å²) in [5.74, 6) is 0.240. The van der Waals surface area contributed by atoms with E-state index in [1.54, 1.807) is 37.3 Å². The molecule has 0 aromatic heterocycles. The van der Waals surface area contributed by atoms with E-state index >= 15 is 0 Å². The fourth-order valence-electron chi connectivity index (χ4n) is 2.95. The maximum Gasteiger partial charge on any atom is 0.244 e. The van der Waals surface area contributed by atoms with Gasteiger partial charge >= 0.3 is 0 Å². The average molecular weight is 439 g/mol. The Morgan fingerprint density at radius 3 is 2.52 bits per heavy atom. The van der Waals surface area contributed by atoms with Gasteiger partial charge in [0.25, 0.3) is 0 Å². The number of hydrogen-bond donors (Lipinski definition) is 1. The Kier molecular flexibility index (Phi) is 7.93. The number of hydrogen-bond acceptors (Lipinski definition) is 4. The SMILES string of the molecule is CC[C@H](C(=O)NCCOc1ccc(C)c(Cl)c1)N(c1cccc(C)c1)S(C)(=O)=O. The highest BCUT2D eigenvalue weighted by atomic mass is 35.5. The van der Waals surface area contributed by atoms with Gasteiger partial charge in [0.05, 0.1) is 18.5 Å². The molecule has 1 atom stereocenters. The summed E-state index contributed by atoms with van der Waals surface area (Å²) in [5.41, 5.74) is 2.34. The van der Waals surface area contributed by atoms with Crippen molar-refractivity contribution < 1.29 is 17.9 Å². The molecule has 0 saturated carbocycles. The molecule has 0 saturated heterocycles. The fourth-order valence-corrected chi connectivity index (χ4v) is 4.32. The minimum Gasteiger partial charge on any atom is -0.492 e. The smallest absolute Gasteiger partial charge is 0.244 e. The third kappa shape index (κ3) is 6.37. The van der Waals surface area contributed by atoms with Crippen LogP contribution >= 0.6 is 11.6 Å². The van der Waals surface area contributed by atoms with Crippen LogP contribution in [0.3, 0.4) is 0 Å². The van der Waals surface area contributed by atoms with Crippen molar-refractivity contribution in [2.45, 2.75) is 33.2 Å². The summed E-state index contributed by atoms with van der Waals surface area (Å²) in [7, 11) is -3.65. The minimum absolute atomic E-state index is 0.241. The third-order valence-electron chi connectivity index (χ3n) is 4.40. The number of sulfonamides is 1. The van der Waals surface area contributed by atoms with Gasteiger partial charge in [-0.05, 0) is 55.7 Å². The number of benzene rings is 2. The first-order chi connectivity index (χ1) is 13.6. The highest BCUT2D eigenvalue weighted by Gasteiger charge is 2.31. The van der Waals surface area contributed by atoms with E-state index in [9.17, 15) is 13.2 Å². The van der Waals surface area contributed by atoms with Gasteiger partial charge in [0.1, 0.15) is 18.4 Å². The zero-order valence-electron chi connectivity index (χ0n) is 17.1. The fraction of sp³-hybridized carbons (Fsp3) is 0.381. The van der Waals surface area contributed by atoms with E-state index in [0.717, 1.165) is 17.4 Å². The third-order valence-corrected chi connectivity index (χ3v) is 5.99. The van der Waals surface area contributed by atoms with Crippen LogP contribution in [0.5, 0.6) is 5.75 Å². The first kappa shape index (κ1) is 23.0. The molecule has 158 valence electrons. The largest absolute Gasteiger partial charge is 0.492 e. The standard InChI is InChI=1S/C21H27ClN2O4S/c1-5-20(24(29(4,26)27)17-8-6-7-15(2)13-17)21(25)23-11-12-28-18-10-9-16(3)19(22)14-18/h6-10,13-14,20H,5,11-12H2,1-4H3,(H,23,25)/t20-/m1/s1. The van der Waals surface area contributed by atoms with Crippen molar-refractivity contribution in [3.05, 3.63) is 58.6 Å². The van der Waals surface area contributed by atoms with E-state index in [1.165, 1.54) is 4.31 Å². The number of nitrogens with one attached hydrogen (secondary N) is 1. The molecule has 0 radical (unpaired) electrons. The quantitative estimate of drug-likeness (QED) is 0.606. The molecule has 0 unspecified atom stereocenters. The van der Waals surface area contributed by atoms with Crippen molar-refractivity contribution in [2.24, 2.45) is 0 Å². The molecule has 0 aliphatic rings. The van der Waals surface area contributed by atoms with Crippen LogP contribution in [-0.4, -0.2) is 39.8 Å². The summed E-state index contributed by atoms with van der Waals surface area (Å²) in [6.07, 6.45) is 1.44. The number of ether oxygens (including phenoxy) is 1. The summed E-state index contributed by atoms with van der Waals surface area (Å²) in [4.78, 5) is 12.7. The van der Waals surface area contributed by atoms with Gasteiger partial charge in [0.2, 0.25) is 15.9 Å². The number of rotatable bonds is 9. The molecule has 0 fully saturated rings. The second-order valence-corrected chi connectivity index (χ2v) is 9.14. The molecular weight excluding hydrogens is 412 g/mol. The van der Waals surface area contributed by atoms with E-state index in [2.05, 4.69) is 5.32 Å². The van der Waals surface area contributed by atoms with E-state index < -0.39 is 16.1 Å². The topological polar surface area (TPSA) is 75.7 Å². The number of amides is 1. The van der Waals surface area contributed by atoms with Gasteiger partial charge in [-0.1, -0.05) is 36.7 Å². The lowest BCUT2D eigenvalue weighted by atomic mass is 10.1. The average Bonchev–Trinajstić information content (AvgIpc) is 2.64. The van der Waals surface area contributed by atoms with Crippen molar-refractivity contribution in [2.75, 3.05) is 23.7 Å². The van der Waals surface area contributed by atoms with Crippen LogP contribution in [0.1, 0.15) is 24.5 Å². The number of carbonyl (C=O) groups excluding carboxylic acids is 1. The molecule has 0 aliphatic carbocycles. The van der Waals surface area contributed by atoms with Crippen molar-refractivity contribution >= 4 is 33.2 Å². The molecule has 2 rings (SSSR count). The van der Waals surface area contributed by atoms with Crippen LogP contribution in [0.15, 0.2) is 42.5 Å². The Labute approximate surface area is 177 Å². The molecular formula is C21H27ClN2O4S. The Bertz CT molecular complexity index is 963. The zero-order valence-corrected chi connectivity index (χ0v) is 18.7. The van der Waals surface area contributed by atoms with Gasteiger partial charge in [0.15, 0.2) is 0 Å². The second kappa shape index (κ2) is 9.98. The van der Waals surface area contributed by atoms with Gasteiger partial charge in [0, 0.05) is 5.02 Å². The Morgan fingerprint density at radius 2 is 1.93 bits per heavy atom. The number of halogens is 1. The lowest BCUT2D eigenvalue weighted by Crippen LogP contribution is -2.50. The molecule has 0 spiro atoms. The normalized spacial score (nSPS) is 12.3. The first-order valence-electron chi connectivity index (χ1n) is 9.36. The van der Waals surface area contributed by atoms with Gasteiger partial charge in [-0.3, -0.25) is 9.10 Å². The van der Waals surface area contributed by atoms with Crippen LogP contribution in [-0.2, 0) is 14.8 Å². The molecule has 0 aliphatic heterocycles. The van der Waals surface area contributed by atoms with Crippen LogP contribution in [0.2, 0.25) is 5.02 Å². The second-order valence-electron chi connectivity index (χ2n) is 6.87. The highest BCUT2D eigenvalue weighted by molar-refractivity contribution is 7.92. The maximum atomic E-state index is 12.7. The lowest BCUT2D eigenvalue weighted by molar-refractivity contribution is -0.122. The number of nitrogens with zero attached hydrogens (tertiary/aromatic N) is 1. The van der Waals surface area contributed by atoms with Crippen LogP contribution in [0, 0.1) is 13.8 Å². The van der Waals surface area contributed by atoms with Crippen molar-refractivity contribution in [1.29, 1.82) is 0 Å². The van der Waals surface area contributed by atoms with Crippen molar-refractivity contribution in [3.8, 4) is 5.75 Å². The van der Waals surface area contributed by atoms with Gasteiger partial charge in [-0.2, -0.15) is 0 Å². The first-order valence-corrected chi connectivity index (χ1v) is 11.6. The van der Waals surface area contributed by atoms with E-state index in [-0.39, 0.29) is 19.1 Å². The predicted molar refractivity (Wildman–Crippen MR) is 117 cm³/mol. The molecule has 0 heterocycles. The van der Waals surface area contributed by atoms with E-state index in [0.29, 0.717) is 22.9 Å². The molecule has 6 nitrogen and oxygen atoms in total. The highest BCUT2D eigenvalue weighted by Crippen LogP contribution is 2.24. The molecule has 1 N–H and O–H groups in total. The molecule has 2 aromatic carbocycles. The summed E-state index contributed by atoms with van der Waals surface area (Å²) >= 11 is 6.07. The van der Waals surface area contributed by atoms with Gasteiger partial charge in [-0.15, -0.1) is 0 Å². The van der Waals surface area contributed by atoms with Crippen LogP contribution < -0.4 is 14.4 Å². The van der Waals surface area contributed by atoms with Crippen molar-refractivity contribution in [1.82, 2.24) is 5.32 Å². The minimum atomic E-state index is -3.65. The summed E-state index contributed by atoms with van der Waals surface area (Å²) in [6, 6.07) is 11.6. The molecule has 29 heavy (non-hydrogen) atoms. The Morgan fingerprint density at radius 1 is 1.21 bits per heavy atom. The Balaban J connectivity index is 2.04. The molecule has 1 amide bonds.